The molecule has 1 heterocycles. The number of alkyl halides is 1. The van der Waals surface area contributed by atoms with Gasteiger partial charge in [-0.05, 0) is 11.4 Å². The van der Waals surface area contributed by atoms with Gasteiger partial charge in [-0.15, -0.1) is 22.9 Å². The van der Waals surface area contributed by atoms with Crippen LogP contribution < -0.4 is 5.84 Å². The molecular weight excluding hydrogens is 212 g/mol. The van der Waals surface area contributed by atoms with Crippen molar-refractivity contribution in [3.05, 3.63) is 22.4 Å². The Hall–Kier alpha value is -0.910. The molecule has 2 amide bonds. The molecule has 0 aromatic carbocycles. The fraction of sp³-hybridized carbons (Fsp3) is 0.143. The van der Waals surface area contributed by atoms with Gasteiger partial charge >= 0.3 is 0 Å². The van der Waals surface area contributed by atoms with Crippen LogP contribution >= 0.6 is 22.9 Å². The maximum atomic E-state index is 11.3. The molecule has 0 bridgehead atoms. The Morgan fingerprint density at radius 1 is 1.62 bits per heavy atom. The summed E-state index contributed by atoms with van der Waals surface area (Å²) in [6.45, 7) is 0. The predicted molar refractivity (Wildman–Crippen MR) is 50.4 cm³/mol. The largest absolute Gasteiger partial charge is 0.284 e. The van der Waals surface area contributed by atoms with E-state index in [2.05, 4.69) is 0 Å². The van der Waals surface area contributed by atoms with Crippen LogP contribution in [0, 0.1) is 0 Å². The Labute approximate surface area is 83.9 Å². The van der Waals surface area contributed by atoms with Gasteiger partial charge in [-0.2, -0.15) is 0 Å². The monoisotopic (exact) mass is 218 g/mol. The van der Waals surface area contributed by atoms with Crippen LogP contribution in [0.5, 0.6) is 0 Å². The van der Waals surface area contributed by atoms with Gasteiger partial charge in [-0.25, -0.2) is 10.9 Å². The molecule has 0 aliphatic rings. The topological polar surface area (TPSA) is 63.4 Å². The summed E-state index contributed by atoms with van der Waals surface area (Å²) in [5, 5.41) is 2.26. The molecule has 0 unspecified atom stereocenters. The number of hydrazine groups is 1. The summed E-state index contributed by atoms with van der Waals surface area (Å²) in [6, 6.07) is 3.30. The van der Waals surface area contributed by atoms with E-state index in [4.69, 9.17) is 17.4 Å². The molecule has 2 N–H and O–H groups in total. The molecule has 1 aromatic rings. The van der Waals surface area contributed by atoms with E-state index in [0.717, 1.165) is 0 Å². The molecule has 70 valence electrons. The lowest BCUT2D eigenvalue weighted by molar-refractivity contribution is -0.126. The zero-order valence-electron chi connectivity index (χ0n) is 6.57. The second kappa shape index (κ2) is 4.36. The van der Waals surface area contributed by atoms with Crippen molar-refractivity contribution in [3.8, 4) is 0 Å². The lowest BCUT2D eigenvalue weighted by atomic mass is 10.4. The first-order chi connectivity index (χ1) is 6.16. The van der Waals surface area contributed by atoms with E-state index in [0.29, 0.717) is 9.89 Å². The highest BCUT2D eigenvalue weighted by atomic mass is 35.5. The summed E-state index contributed by atoms with van der Waals surface area (Å²) in [7, 11) is 0. The highest BCUT2D eigenvalue weighted by Gasteiger charge is 2.18. The third kappa shape index (κ3) is 2.27. The summed E-state index contributed by atoms with van der Waals surface area (Å²) in [5.41, 5.74) is 0. The standard InChI is InChI=1S/C7H7ClN2O2S/c8-4-6(11)10(9)7(12)5-2-1-3-13-5/h1-3H,4,9H2. The van der Waals surface area contributed by atoms with Crippen molar-refractivity contribution in [3.63, 3.8) is 0 Å². The second-order valence-corrected chi connectivity index (χ2v) is 3.39. The van der Waals surface area contributed by atoms with Gasteiger partial charge in [0.25, 0.3) is 11.8 Å². The summed E-state index contributed by atoms with van der Waals surface area (Å²) >= 11 is 6.45. The predicted octanol–water partition coefficient (Wildman–Crippen LogP) is 0.829. The maximum absolute atomic E-state index is 11.3. The van der Waals surface area contributed by atoms with Crippen molar-refractivity contribution < 1.29 is 9.59 Å². The van der Waals surface area contributed by atoms with E-state index in [1.54, 1.807) is 17.5 Å². The van der Waals surface area contributed by atoms with Gasteiger partial charge in [-0.3, -0.25) is 9.59 Å². The molecule has 0 aliphatic carbocycles. The lowest BCUT2D eigenvalue weighted by Crippen LogP contribution is -2.43. The van der Waals surface area contributed by atoms with Crippen LogP contribution in [0.4, 0.5) is 0 Å². The number of halogens is 1. The molecule has 0 saturated heterocycles. The second-order valence-electron chi connectivity index (χ2n) is 2.18. The normalized spacial score (nSPS) is 9.69. The molecule has 0 radical (unpaired) electrons. The van der Waals surface area contributed by atoms with Crippen LogP contribution in [-0.4, -0.2) is 22.7 Å². The average molecular weight is 219 g/mol. The number of amides is 2. The van der Waals surface area contributed by atoms with E-state index < -0.39 is 11.8 Å². The Morgan fingerprint density at radius 2 is 2.31 bits per heavy atom. The Balaban J connectivity index is 2.74. The molecule has 1 rings (SSSR count). The molecule has 0 fully saturated rings. The van der Waals surface area contributed by atoms with Crippen LogP contribution in [-0.2, 0) is 4.79 Å². The third-order valence-corrected chi connectivity index (χ3v) is 2.42. The van der Waals surface area contributed by atoms with Crippen molar-refractivity contribution in [1.82, 2.24) is 5.01 Å². The smallest absolute Gasteiger partial charge is 0.272 e. The third-order valence-electron chi connectivity index (χ3n) is 1.33. The van der Waals surface area contributed by atoms with E-state index in [-0.39, 0.29) is 5.88 Å². The van der Waals surface area contributed by atoms with Gasteiger partial charge in [0, 0.05) is 0 Å². The highest BCUT2D eigenvalue weighted by Crippen LogP contribution is 2.10. The van der Waals surface area contributed by atoms with Crippen molar-refractivity contribution in [2.45, 2.75) is 0 Å². The van der Waals surface area contributed by atoms with E-state index >= 15 is 0 Å². The molecule has 0 saturated carbocycles. The van der Waals surface area contributed by atoms with Gasteiger partial charge in [0.2, 0.25) is 0 Å². The van der Waals surface area contributed by atoms with E-state index in [1.165, 1.54) is 11.3 Å². The van der Waals surface area contributed by atoms with Crippen molar-refractivity contribution in [1.29, 1.82) is 0 Å². The van der Waals surface area contributed by atoms with Gasteiger partial charge in [0.15, 0.2) is 0 Å². The average Bonchev–Trinajstić information content (AvgIpc) is 2.67. The van der Waals surface area contributed by atoms with Crippen molar-refractivity contribution in [2.75, 3.05) is 5.88 Å². The molecule has 4 nitrogen and oxygen atoms in total. The molecule has 1 aromatic heterocycles. The van der Waals surface area contributed by atoms with Crippen LogP contribution in [0.25, 0.3) is 0 Å². The zero-order valence-corrected chi connectivity index (χ0v) is 8.14. The molecule has 0 aliphatic heterocycles. The number of carbonyl (C=O) groups is 2. The molecule has 13 heavy (non-hydrogen) atoms. The summed E-state index contributed by atoms with van der Waals surface area (Å²) in [4.78, 5) is 22.7. The van der Waals surface area contributed by atoms with Crippen molar-refractivity contribution in [2.24, 2.45) is 5.84 Å². The van der Waals surface area contributed by atoms with Crippen LogP contribution in [0.15, 0.2) is 17.5 Å². The van der Waals surface area contributed by atoms with E-state index in [9.17, 15) is 9.59 Å². The minimum absolute atomic E-state index is 0.298. The molecule has 0 spiro atoms. The number of imide groups is 1. The van der Waals surface area contributed by atoms with Gasteiger partial charge in [0.05, 0.1) is 4.88 Å². The molecule has 6 heteroatoms. The van der Waals surface area contributed by atoms with Crippen molar-refractivity contribution >= 4 is 34.8 Å². The highest BCUT2D eigenvalue weighted by molar-refractivity contribution is 7.12. The zero-order chi connectivity index (χ0) is 9.84. The first kappa shape index (κ1) is 10.2. The summed E-state index contributed by atoms with van der Waals surface area (Å²) in [6.07, 6.45) is 0. The first-order valence-corrected chi connectivity index (χ1v) is 4.79. The van der Waals surface area contributed by atoms with Gasteiger partial charge < -0.3 is 0 Å². The minimum atomic E-state index is -0.611. The first-order valence-electron chi connectivity index (χ1n) is 3.38. The SMILES string of the molecule is NN(C(=O)CCl)C(=O)c1cccs1. The van der Waals surface area contributed by atoms with Crippen LogP contribution in [0.3, 0.4) is 0 Å². The van der Waals surface area contributed by atoms with Crippen LogP contribution in [0.2, 0.25) is 0 Å². The Kier molecular flexibility index (Phi) is 3.41. The number of rotatable bonds is 2. The number of thiophene rings is 1. The number of hydrogen-bond acceptors (Lipinski definition) is 4. The molecular formula is C7H7ClN2O2S. The quantitative estimate of drug-likeness (QED) is 0.346. The molecule has 0 atom stereocenters. The maximum Gasteiger partial charge on any atom is 0.284 e. The number of carbonyl (C=O) groups excluding carboxylic acids is 2. The number of nitrogens with zero attached hydrogens (tertiary/aromatic N) is 1. The van der Waals surface area contributed by atoms with E-state index in [1.807, 2.05) is 0 Å². The van der Waals surface area contributed by atoms with Gasteiger partial charge in [-0.1, -0.05) is 6.07 Å². The Morgan fingerprint density at radius 3 is 2.77 bits per heavy atom. The van der Waals surface area contributed by atoms with Gasteiger partial charge in [0.1, 0.15) is 5.88 Å². The summed E-state index contributed by atoms with van der Waals surface area (Å²) < 4.78 is 0. The number of nitrogens with two attached hydrogens (primary N) is 1. The lowest BCUT2D eigenvalue weighted by Gasteiger charge is -2.11. The fourth-order valence-corrected chi connectivity index (χ4v) is 1.49. The number of hydrogen-bond donors (Lipinski definition) is 1. The summed E-state index contributed by atoms with van der Waals surface area (Å²) in [5.74, 6) is 3.78. The Bertz CT molecular complexity index is 312. The fourth-order valence-electron chi connectivity index (χ4n) is 0.697. The minimum Gasteiger partial charge on any atom is -0.272 e. The van der Waals surface area contributed by atoms with Crippen LogP contribution in [0.1, 0.15) is 9.67 Å².